The van der Waals surface area contributed by atoms with E-state index in [0.717, 1.165) is 96.3 Å². The Morgan fingerprint density at radius 1 is 0.435 bits per heavy atom. The number of carbonyl (C=O) groups is 3. The zero-order chi connectivity index (χ0) is 45.6. The highest BCUT2D eigenvalue weighted by Crippen LogP contribution is 2.43. The van der Waals surface area contributed by atoms with Gasteiger partial charge in [-0.1, -0.05) is 180 Å². The van der Waals surface area contributed by atoms with E-state index in [0.29, 0.717) is 19.3 Å². The van der Waals surface area contributed by atoms with Crippen LogP contribution in [0, 0.1) is 0 Å². The van der Waals surface area contributed by atoms with Gasteiger partial charge in [-0.05, 0) is 64.2 Å². The summed E-state index contributed by atoms with van der Waals surface area (Å²) < 4.78 is 39.2. The van der Waals surface area contributed by atoms with Crippen LogP contribution in [-0.4, -0.2) is 66.5 Å². The molecule has 0 spiro atoms. The second-order valence-corrected chi connectivity index (χ2v) is 18.4. The summed E-state index contributed by atoms with van der Waals surface area (Å²) in [6.45, 7) is 4.55. The Morgan fingerprint density at radius 3 is 1.16 bits per heavy atom. The van der Waals surface area contributed by atoms with E-state index in [2.05, 4.69) is 45.1 Å². The fraction of sp³-hybridized carbons (Fsp3) is 0.860. The second-order valence-electron chi connectivity index (χ2n) is 17.0. The van der Waals surface area contributed by atoms with Gasteiger partial charge in [0.25, 0.3) is 0 Å². The standard InChI is InChI=1S/C50H93O11P/c1-4-7-10-13-16-19-21-22-23-24-26-29-32-35-38-41-50(54)61-47(43-57-48(52)39-36-33-30-28-25-20-17-14-11-8-5-2)45-59-62(55,56)58-44-46(42-51)60-49(53)40-37-34-31-27-18-15-12-9-6-3/h14,17,22-23,46-47,51H,4-13,15-16,18-21,24-45H2,1-3H3,(H,55,56)/b17-14-,23-22-. The van der Waals surface area contributed by atoms with E-state index in [1.54, 1.807) is 0 Å². The fourth-order valence-corrected chi connectivity index (χ4v) is 7.70. The maximum absolute atomic E-state index is 12.8. The summed E-state index contributed by atoms with van der Waals surface area (Å²) >= 11 is 0. The molecule has 0 aliphatic rings. The third kappa shape index (κ3) is 43.2. The van der Waals surface area contributed by atoms with Crippen molar-refractivity contribution in [3.05, 3.63) is 24.3 Å². The van der Waals surface area contributed by atoms with Crippen molar-refractivity contribution in [1.29, 1.82) is 0 Å². The Labute approximate surface area is 378 Å². The number of hydrogen-bond donors (Lipinski definition) is 2. The first-order chi connectivity index (χ1) is 30.2. The van der Waals surface area contributed by atoms with Crippen molar-refractivity contribution in [3.8, 4) is 0 Å². The number of esters is 3. The molecule has 2 N–H and O–H groups in total. The number of rotatable bonds is 47. The van der Waals surface area contributed by atoms with Gasteiger partial charge in [0, 0.05) is 19.3 Å². The van der Waals surface area contributed by atoms with Crippen LogP contribution in [0.2, 0.25) is 0 Å². The maximum Gasteiger partial charge on any atom is 0.472 e. The Kier molecular flexibility index (Phi) is 44.0. The van der Waals surface area contributed by atoms with Crippen molar-refractivity contribution >= 4 is 25.7 Å². The summed E-state index contributed by atoms with van der Waals surface area (Å²) in [6, 6.07) is 0. The van der Waals surface area contributed by atoms with Gasteiger partial charge in [-0.15, -0.1) is 0 Å². The average molecular weight is 901 g/mol. The third-order valence-electron chi connectivity index (χ3n) is 10.8. The molecule has 364 valence electrons. The molecule has 12 heteroatoms. The van der Waals surface area contributed by atoms with Gasteiger partial charge < -0.3 is 24.2 Å². The number of aliphatic hydroxyl groups is 1. The van der Waals surface area contributed by atoms with Crippen LogP contribution >= 0.6 is 7.82 Å². The molecule has 0 aromatic rings. The number of unbranched alkanes of at least 4 members (excludes halogenated alkanes) is 26. The van der Waals surface area contributed by atoms with Gasteiger partial charge in [-0.25, -0.2) is 4.57 Å². The largest absolute Gasteiger partial charge is 0.472 e. The van der Waals surface area contributed by atoms with Crippen molar-refractivity contribution in [2.24, 2.45) is 0 Å². The van der Waals surface area contributed by atoms with E-state index in [1.165, 1.54) is 83.5 Å². The quantitative estimate of drug-likeness (QED) is 0.0197. The van der Waals surface area contributed by atoms with Crippen LogP contribution in [0.25, 0.3) is 0 Å². The van der Waals surface area contributed by atoms with Gasteiger partial charge in [-0.3, -0.25) is 23.4 Å². The first kappa shape index (κ1) is 60.0. The third-order valence-corrected chi connectivity index (χ3v) is 11.8. The molecule has 62 heavy (non-hydrogen) atoms. The predicted molar refractivity (Wildman–Crippen MR) is 252 cm³/mol. The molecule has 0 saturated heterocycles. The van der Waals surface area contributed by atoms with E-state index in [-0.39, 0.29) is 25.9 Å². The highest BCUT2D eigenvalue weighted by molar-refractivity contribution is 7.47. The summed E-state index contributed by atoms with van der Waals surface area (Å²) in [5.41, 5.74) is 0. The van der Waals surface area contributed by atoms with E-state index in [1.807, 2.05) is 0 Å². The molecule has 0 fully saturated rings. The number of ether oxygens (including phenoxy) is 3. The highest BCUT2D eigenvalue weighted by atomic mass is 31.2. The predicted octanol–water partition coefficient (Wildman–Crippen LogP) is 13.9. The van der Waals surface area contributed by atoms with Gasteiger partial charge in [-0.2, -0.15) is 0 Å². The van der Waals surface area contributed by atoms with E-state index < -0.39 is 57.8 Å². The summed E-state index contributed by atoms with van der Waals surface area (Å²) in [7, 11) is -4.73. The lowest BCUT2D eigenvalue weighted by molar-refractivity contribution is -0.161. The molecular formula is C50H93O11P. The minimum atomic E-state index is -4.73. The molecule has 0 aromatic carbocycles. The Bertz CT molecular complexity index is 1140. The zero-order valence-electron chi connectivity index (χ0n) is 39.9. The molecule has 0 radical (unpaired) electrons. The minimum Gasteiger partial charge on any atom is -0.462 e. The Hall–Kier alpha value is -2.04. The van der Waals surface area contributed by atoms with Crippen LogP contribution < -0.4 is 0 Å². The van der Waals surface area contributed by atoms with E-state index in [9.17, 15) is 28.9 Å². The molecule has 3 unspecified atom stereocenters. The van der Waals surface area contributed by atoms with Crippen molar-refractivity contribution in [2.45, 2.75) is 251 Å². The fourth-order valence-electron chi connectivity index (χ4n) is 6.92. The van der Waals surface area contributed by atoms with Crippen molar-refractivity contribution in [1.82, 2.24) is 0 Å². The summed E-state index contributed by atoms with van der Waals surface area (Å²) in [5, 5.41) is 9.72. The summed E-state index contributed by atoms with van der Waals surface area (Å²) in [6.07, 6.45) is 41.6. The van der Waals surface area contributed by atoms with Gasteiger partial charge in [0.05, 0.1) is 19.8 Å². The van der Waals surface area contributed by atoms with Crippen LogP contribution in [0.15, 0.2) is 24.3 Å². The summed E-state index contributed by atoms with van der Waals surface area (Å²) in [4.78, 5) is 48.1. The molecular weight excluding hydrogens is 808 g/mol. The maximum atomic E-state index is 12.8. The zero-order valence-corrected chi connectivity index (χ0v) is 40.7. The molecule has 0 bridgehead atoms. The van der Waals surface area contributed by atoms with Gasteiger partial charge in [0.2, 0.25) is 0 Å². The number of phosphoric ester groups is 1. The molecule has 0 aliphatic carbocycles. The highest BCUT2D eigenvalue weighted by Gasteiger charge is 2.28. The molecule has 3 atom stereocenters. The van der Waals surface area contributed by atoms with Gasteiger partial charge in [0.15, 0.2) is 6.10 Å². The van der Waals surface area contributed by atoms with Crippen LogP contribution in [0.3, 0.4) is 0 Å². The Balaban J connectivity index is 4.75. The molecule has 0 heterocycles. The van der Waals surface area contributed by atoms with Crippen LogP contribution in [0.4, 0.5) is 0 Å². The van der Waals surface area contributed by atoms with Crippen molar-refractivity contribution in [3.63, 3.8) is 0 Å². The molecule has 0 saturated carbocycles. The number of hydrogen-bond acceptors (Lipinski definition) is 10. The van der Waals surface area contributed by atoms with Crippen molar-refractivity contribution in [2.75, 3.05) is 26.4 Å². The van der Waals surface area contributed by atoms with E-state index in [4.69, 9.17) is 23.3 Å². The number of allylic oxidation sites excluding steroid dienone is 4. The first-order valence-corrected chi connectivity index (χ1v) is 26.7. The minimum absolute atomic E-state index is 0.160. The van der Waals surface area contributed by atoms with Crippen LogP contribution in [0.1, 0.15) is 239 Å². The smallest absolute Gasteiger partial charge is 0.462 e. The lowest BCUT2D eigenvalue weighted by atomic mass is 10.1. The van der Waals surface area contributed by atoms with E-state index >= 15 is 0 Å². The SMILES string of the molecule is CCCC/C=C\CCCCCCCC(=O)OCC(COP(=O)(O)OCC(CO)OC(=O)CCCCCCCCCCC)OC(=O)CCCCCCC/C=C\CCCCCCCC. The Morgan fingerprint density at radius 2 is 0.758 bits per heavy atom. The molecule has 0 aliphatic heterocycles. The monoisotopic (exact) mass is 901 g/mol. The number of phosphoric acid groups is 1. The lowest BCUT2D eigenvalue weighted by Gasteiger charge is -2.21. The summed E-state index contributed by atoms with van der Waals surface area (Å²) in [5.74, 6) is -1.48. The van der Waals surface area contributed by atoms with Gasteiger partial charge in [0.1, 0.15) is 12.7 Å². The van der Waals surface area contributed by atoms with Crippen LogP contribution in [-0.2, 0) is 42.2 Å². The van der Waals surface area contributed by atoms with Gasteiger partial charge >= 0.3 is 25.7 Å². The number of carbonyl (C=O) groups excluding carboxylic acids is 3. The molecule has 0 aromatic heterocycles. The van der Waals surface area contributed by atoms with Crippen molar-refractivity contribution < 1.29 is 52.2 Å². The topological polar surface area (TPSA) is 155 Å². The lowest BCUT2D eigenvalue weighted by Crippen LogP contribution is -2.30. The normalized spacial score (nSPS) is 13.7. The molecule has 0 rings (SSSR count). The average Bonchev–Trinajstić information content (AvgIpc) is 3.25. The first-order valence-electron chi connectivity index (χ1n) is 25.2. The molecule has 0 amide bonds. The second kappa shape index (κ2) is 45.5. The van der Waals surface area contributed by atoms with Crippen LogP contribution in [0.5, 0.6) is 0 Å². The number of aliphatic hydroxyl groups excluding tert-OH is 1. The molecule has 11 nitrogen and oxygen atoms in total.